The van der Waals surface area contributed by atoms with Crippen molar-refractivity contribution in [2.75, 3.05) is 13.2 Å². The van der Waals surface area contributed by atoms with E-state index in [2.05, 4.69) is 43.5 Å². The maximum Gasteiger partial charge on any atom is 0.220 e. The molecule has 0 aromatic heterocycles. The molecule has 9 nitrogen and oxygen atoms in total. The number of allylic oxidation sites excluding steroid dienone is 5. The lowest BCUT2D eigenvalue weighted by Crippen LogP contribution is -2.60. The molecule has 0 aromatic carbocycles. The lowest BCUT2D eigenvalue weighted by Gasteiger charge is -2.40. The molecule has 74 heavy (non-hydrogen) atoms. The van der Waals surface area contributed by atoms with Crippen molar-refractivity contribution in [1.29, 1.82) is 0 Å². The largest absolute Gasteiger partial charge is 0.394 e. The first-order valence-electron chi connectivity index (χ1n) is 32.2. The summed E-state index contributed by atoms with van der Waals surface area (Å²) in [6.45, 7) is 3.80. The SMILES string of the molecule is CCCCCCCCCCCCC/C=C/CC/C=C/CC/C=C/C(O)C(COC1OC(CO)C(O)C(O)C1O)NC(=O)CCCCCCCCCCCCCCCCCCCCCCCCCCCCCCCC. The minimum Gasteiger partial charge on any atom is -0.394 e. The number of nitrogens with one attached hydrogen (secondary N) is 1. The molecule has 9 heteroatoms. The molecule has 1 saturated heterocycles. The molecule has 436 valence electrons. The van der Waals surface area contributed by atoms with E-state index in [0.29, 0.717) is 6.42 Å². The Kier molecular flexibility index (Phi) is 52.1. The number of unbranched alkanes of at least 4 members (excludes halogenated alkanes) is 42. The number of aliphatic hydroxyl groups excluding tert-OH is 5. The molecular weight excluding hydrogens is 923 g/mol. The zero-order valence-electron chi connectivity index (χ0n) is 48.6. The van der Waals surface area contributed by atoms with Gasteiger partial charge in [0.15, 0.2) is 6.29 Å². The summed E-state index contributed by atoms with van der Waals surface area (Å²) in [4.78, 5) is 13.1. The van der Waals surface area contributed by atoms with Gasteiger partial charge in [0, 0.05) is 6.42 Å². The van der Waals surface area contributed by atoms with Crippen LogP contribution in [0.15, 0.2) is 36.5 Å². The first kappa shape index (κ1) is 70.4. The Morgan fingerprint density at radius 3 is 1.14 bits per heavy atom. The van der Waals surface area contributed by atoms with Gasteiger partial charge in [-0.15, -0.1) is 0 Å². The van der Waals surface area contributed by atoms with E-state index in [4.69, 9.17) is 9.47 Å². The Labute approximate surface area is 457 Å². The summed E-state index contributed by atoms with van der Waals surface area (Å²) in [5.41, 5.74) is 0. The molecule has 0 spiro atoms. The quantitative estimate of drug-likeness (QED) is 0.0261. The molecule has 6 N–H and O–H groups in total. The molecule has 0 radical (unpaired) electrons. The summed E-state index contributed by atoms with van der Waals surface area (Å²) >= 11 is 0. The topological polar surface area (TPSA) is 149 Å². The average molecular weight is 1050 g/mol. The Hall–Kier alpha value is -1.59. The predicted octanol–water partition coefficient (Wildman–Crippen LogP) is 16.7. The molecule has 0 bridgehead atoms. The molecular formula is C65H123NO8. The Bertz CT molecular complexity index is 1260. The standard InChI is InChI=1S/C65H123NO8/c1-3-5-7-9-11-13-15-17-19-21-23-25-26-27-28-29-30-31-32-33-35-37-39-41-43-45-47-49-51-53-55-61(69)66-58(57-73-65-64(72)63(71)62(70)60(56-67)74-65)59(68)54-52-50-48-46-44-42-40-38-36-34-24-22-20-18-16-14-12-10-8-6-4-2/h36,38,44,46,52,54,58-60,62-65,67-68,70-72H,3-35,37,39-43,45,47-51,53,55-57H2,1-2H3,(H,66,69)/b38-36+,46-44+,54-52+. The van der Waals surface area contributed by atoms with Crippen LogP contribution in [0.3, 0.4) is 0 Å². The van der Waals surface area contributed by atoms with Gasteiger partial charge in [-0.05, 0) is 44.9 Å². The number of amides is 1. The van der Waals surface area contributed by atoms with Crippen LogP contribution < -0.4 is 5.32 Å². The van der Waals surface area contributed by atoms with Crippen molar-refractivity contribution >= 4 is 5.91 Å². The highest BCUT2D eigenvalue weighted by atomic mass is 16.7. The second kappa shape index (κ2) is 54.8. The zero-order chi connectivity index (χ0) is 53.6. The van der Waals surface area contributed by atoms with Crippen molar-refractivity contribution in [1.82, 2.24) is 5.32 Å². The van der Waals surface area contributed by atoms with E-state index in [1.807, 2.05) is 6.08 Å². The van der Waals surface area contributed by atoms with E-state index in [0.717, 1.165) is 44.9 Å². The van der Waals surface area contributed by atoms with Crippen LogP contribution in [0.1, 0.15) is 316 Å². The lowest BCUT2D eigenvalue weighted by molar-refractivity contribution is -0.302. The minimum absolute atomic E-state index is 0.184. The van der Waals surface area contributed by atoms with Crippen molar-refractivity contribution in [3.63, 3.8) is 0 Å². The van der Waals surface area contributed by atoms with Gasteiger partial charge in [0.25, 0.3) is 0 Å². The monoisotopic (exact) mass is 1050 g/mol. The van der Waals surface area contributed by atoms with E-state index in [1.54, 1.807) is 6.08 Å². The maximum absolute atomic E-state index is 13.1. The van der Waals surface area contributed by atoms with Gasteiger partial charge >= 0.3 is 0 Å². The van der Waals surface area contributed by atoms with Crippen LogP contribution in [-0.4, -0.2) is 87.5 Å². The highest BCUT2D eigenvalue weighted by Gasteiger charge is 2.44. The summed E-state index contributed by atoms with van der Waals surface area (Å²) in [5, 5.41) is 54.6. The fraction of sp³-hybridized carbons (Fsp3) is 0.892. The van der Waals surface area contributed by atoms with E-state index >= 15 is 0 Å². The second-order valence-corrected chi connectivity index (χ2v) is 22.5. The van der Waals surface area contributed by atoms with Gasteiger partial charge in [-0.2, -0.15) is 0 Å². The number of carbonyl (C=O) groups excluding carboxylic acids is 1. The van der Waals surface area contributed by atoms with Gasteiger partial charge in [-0.25, -0.2) is 0 Å². The molecule has 1 aliphatic rings. The van der Waals surface area contributed by atoms with Gasteiger partial charge in [-0.3, -0.25) is 4.79 Å². The molecule has 1 rings (SSSR count). The third kappa shape index (κ3) is 43.4. The Morgan fingerprint density at radius 1 is 0.446 bits per heavy atom. The number of rotatable bonds is 56. The van der Waals surface area contributed by atoms with Crippen molar-refractivity contribution < 1.29 is 39.8 Å². The van der Waals surface area contributed by atoms with Crippen LogP contribution in [0.5, 0.6) is 0 Å². The normalized spacial score (nSPS) is 19.1. The molecule has 1 heterocycles. The smallest absolute Gasteiger partial charge is 0.220 e. The average Bonchev–Trinajstić information content (AvgIpc) is 3.40. The number of carbonyl (C=O) groups is 1. The maximum atomic E-state index is 13.1. The van der Waals surface area contributed by atoms with Crippen LogP contribution in [0.2, 0.25) is 0 Å². The fourth-order valence-electron chi connectivity index (χ4n) is 10.4. The number of hydrogen-bond acceptors (Lipinski definition) is 8. The van der Waals surface area contributed by atoms with Crippen molar-refractivity contribution in [3.05, 3.63) is 36.5 Å². The molecule has 1 fully saturated rings. The summed E-state index contributed by atoms with van der Waals surface area (Å²) in [6.07, 6.45) is 65.3. The highest BCUT2D eigenvalue weighted by molar-refractivity contribution is 5.76. The van der Waals surface area contributed by atoms with Gasteiger partial charge < -0.3 is 40.3 Å². The number of aliphatic hydroxyl groups is 5. The first-order valence-corrected chi connectivity index (χ1v) is 32.2. The lowest BCUT2D eigenvalue weighted by atomic mass is 9.99. The van der Waals surface area contributed by atoms with Gasteiger partial charge in [0.2, 0.25) is 5.91 Å². The molecule has 1 aliphatic heterocycles. The molecule has 0 saturated carbocycles. The van der Waals surface area contributed by atoms with Crippen molar-refractivity contribution in [3.8, 4) is 0 Å². The fourth-order valence-corrected chi connectivity index (χ4v) is 10.4. The summed E-state index contributed by atoms with van der Waals surface area (Å²) in [6, 6.07) is -0.827. The van der Waals surface area contributed by atoms with Crippen molar-refractivity contribution in [2.24, 2.45) is 0 Å². The highest BCUT2D eigenvalue weighted by Crippen LogP contribution is 2.23. The third-order valence-electron chi connectivity index (χ3n) is 15.4. The van der Waals surface area contributed by atoms with E-state index in [9.17, 15) is 30.3 Å². The molecule has 1 amide bonds. The Balaban J connectivity index is 2.17. The van der Waals surface area contributed by atoms with Gasteiger partial charge in [0.1, 0.15) is 24.4 Å². The summed E-state index contributed by atoms with van der Waals surface area (Å²) in [5.74, 6) is -0.184. The minimum atomic E-state index is -1.57. The van der Waals surface area contributed by atoms with Gasteiger partial charge in [0.05, 0.1) is 25.4 Å². The van der Waals surface area contributed by atoms with Crippen LogP contribution in [0.4, 0.5) is 0 Å². The number of ether oxygens (including phenoxy) is 2. The second-order valence-electron chi connectivity index (χ2n) is 22.5. The predicted molar refractivity (Wildman–Crippen MR) is 313 cm³/mol. The summed E-state index contributed by atoms with van der Waals surface area (Å²) in [7, 11) is 0. The van der Waals surface area contributed by atoms with Crippen LogP contribution in [0, 0.1) is 0 Å². The molecule has 0 aromatic rings. The Morgan fingerprint density at radius 2 is 0.770 bits per heavy atom. The third-order valence-corrected chi connectivity index (χ3v) is 15.4. The van der Waals surface area contributed by atoms with E-state index in [-0.39, 0.29) is 12.5 Å². The van der Waals surface area contributed by atoms with Crippen molar-refractivity contribution in [2.45, 2.75) is 358 Å². The molecule has 0 aliphatic carbocycles. The summed E-state index contributed by atoms with van der Waals surface area (Å²) < 4.78 is 11.3. The van der Waals surface area contributed by atoms with E-state index in [1.165, 1.54) is 250 Å². The van der Waals surface area contributed by atoms with Gasteiger partial charge in [-0.1, -0.05) is 301 Å². The van der Waals surface area contributed by atoms with Crippen LogP contribution in [0.25, 0.3) is 0 Å². The van der Waals surface area contributed by atoms with Crippen LogP contribution in [-0.2, 0) is 14.3 Å². The number of hydrogen-bond donors (Lipinski definition) is 6. The zero-order valence-corrected chi connectivity index (χ0v) is 48.6. The molecule has 7 unspecified atom stereocenters. The van der Waals surface area contributed by atoms with Crippen LogP contribution >= 0.6 is 0 Å². The first-order chi connectivity index (χ1) is 36.3. The molecule has 7 atom stereocenters. The van der Waals surface area contributed by atoms with E-state index < -0.39 is 49.5 Å².